The van der Waals surface area contributed by atoms with Gasteiger partial charge in [0.1, 0.15) is 17.8 Å². The van der Waals surface area contributed by atoms with Gasteiger partial charge in [-0.2, -0.15) is 0 Å². The van der Waals surface area contributed by atoms with E-state index in [1.54, 1.807) is 17.4 Å². The minimum absolute atomic E-state index is 0.0417. The first-order valence-electron chi connectivity index (χ1n) is 29.6. The van der Waals surface area contributed by atoms with Crippen LogP contribution in [-0.4, -0.2) is 197 Å². The van der Waals surface area contributed by atoms with Crippen molar-refractivity contribution in [1.29, 1.82) is 0 Å². The maximum Gasteiger partial charge on any atom is 0.274 e. The summed E-state index contributed by atoms with van der Waals surface area (Å²) in [5.74, 6) is 0.656. The molecule has 2 aromatic carbocycles. The summed E-state index contributed by atoms with van der Waals surface area (Å²) in [5.41, 5.74) is 10.3. The second kappa shape index (κ2) is 24.7. The molecule has 3 aromatic heterocycles. The highest BCUT2D eigenvalue weighted by Gasteiger charge is 2.55. The summed E-state index contributed by atoms with van der Waals surface area (Å²) in [5, 5.41) is 11.2. The van der Waals surface area contributed by atoms with Crippen LogP contribution in [0.15, 0.2) is 79.4 Å². The van der Waals surface area contributed by atoms with Gasteiger partial charge in [0, 0.05) is 122 Å². The standard InChI is InChI=1S/C61H79ClN14O6/c1-3-42-5-4-6-45(33-42)46-35-50(69-51(77)38-64-36-43-12-21-71(2)52(78)34-43)53(66-37-46)56(79)75-29-27-73(28-30-75)39-60-16-14-59(15-17-60,40-82-60)58(81)76-31-25-72(26-32-76)22-13-49(44-7-9-47(62)10-8-44)70-57(80)61(63)18-23-74(24-19-61)55-48-11-20-65-54(48)67-41-68-55/h4-11,20,33,35,37,41,43,49,64H,3,12-19,21-32,34,36,38-40,63H2,1-2H3,(H,69,77)(H,70,80)(H,65,67,68)/t43?,49-,59?,60?/m0/s1. The van der Waals surface area contributed by atoms with Gasteiger partial charge in [-0.3, -0.25) is 33.8 Å². The molecule has 1 unspecified atom stereocenters. The van der Waals surface area contributed by atoms with Crippen LogP contribution in [0, 0.1) is 11.3 Å². The number of aromatic amines is 1. The van der Waals surface area contributed by atoms with Crippen molar-refractivity contribution in [2.24, 2.45) is 17.1 Å². The van der Waals surface area contributed by atoms with Gasteiger partial charge in [0.05, 0.1) is 46.8 Å². The molecular formula is C61H79ClN14O6. The van der Waals surface area contributed by atoms with Crippen LogP contribution in [0.5, 0.6) is 0 Å². The Morgan fingerprint density at radius 2 is 1.59 bits per heavy atom. The number of benzene rings is 2. The Morgan fingerprint density at radius 3 is 2.30 bits per heavy atom. The molecule has 7 aliphatic rings. The summed E-state index contributed by atoms with van der Waals surface area (Å²) in [6, 6.07) is 19.4. The fourth-order valence-corrected chi connectivity index (χ4v) is 13.3. The Kier molecular flexibility index (Phi) is 17.3. The highest BCUT2D eigenvalue weighted by atomic mass is 35.5. The van der Waals surface area contributed by atoms with E-state index < -0.39 is 11.0 Å². The topological polar surface area (TPSA) is 231 Å². The quantitative estimate of drug-likeness (QED) is 0.0769. The van der Waals surface area contributed by atoms with Gasteiger partial charge < -0.3 is 51.0 Å². The highest BCUT2D eigenvalue weighted by Crippen LogP contribution is 2.50. The molecule has 9 heterocycles. The highest BCUT2D eigenvalue weighted by molar-refractivity contribution is 6.30. The first-order chi connectivity index (χ1) is 39.7. The molecule has 1 aliphatic carbocycles. The smallest absolute Gasteiger partial charge is 0.274 e. The molecule has 21 heteroatoms. The number of ether oxygens (including phenoxy) is 1. The molecule has 2 bridgehead atoms. The number of hydrogen-bond donors (Lipinski definition) is 5. The van der Waals surface area contributed by atoms with Crippen LogP contribution in [0.2, 0.25) is 5.02 Å². The van der Waals surface area contributed by atoms with Gasteiger partial charge >= 0.3 is 0 Å². The largest absolute Gasteiger partial charge is 0.373 e. The minimum Gasteiger partial charge on any atom is -0.373 e. The molecule has 0 spiro atoms. The van der Waals surface area contributed by atoms with Gasteiger partial charge in [-0.05, 0) is 111 Å². The SMILES string of the molecule is CCc1cccc(-c2cnc(C(=O)N3CCN(CC45CCC(C(=O)N6CCN(CC[C@H](NC(=O)C7(N)CCN(c8ncnc9[nH]ccc89)CC7)c7ccc(Cl)cc7)CC6)(CC4)CO5)CC3)c(NC(=O)CNCC3CCN(C)C(=O)C3)c2)c1. The maximum atomic E-state index is 14.5. The van der Waals surface area contributed by atoms with E-state index in [-0.39, 0.29) is 59.3 Å². The molecule has 1 saturated carbocycles. The predicted octanol–water partition coefficient (Wildman–Crippen LogP) is 5.11. The average molecular weight is 1140 g/mol. The molecule has 5 aromatic rings. The summed E-state index contributed by atoms with van der Waals surface area (Å²) in [6.45, 7) is 11.6. The fraction of sp³-hybridized carbons (Fsp3) is 0.541. The molecule has 7 fully saturated rings. The van der Waals surface area contributed by atoms with E-state index in [4.69, 9.17) is 27.1 Å². The number of aromatic nitrogens is 4. The summed E-state index contributed by atoms with van der Waals surface area (Å²) in [7, 11) is 1.82. The molecule has 2 atom stereocenters. The lowest BCUT2D eigenvalue weighted by Crippen LogP contribution is -2.63. The Balaban J connectivity index is 0.642. The van der Waals surface area contributed by atoms with Crippen LogP contribution in [0.3, 0.4) is 0 Å². The number of nitrogens with zero attached hydrogens (tertiary/aromatic N) is 9. The third-order valence-electron chi connectivity index (χ3n) is 18.6. The number of hydrogen-bond acceptors (Lipinski definition) is 14. The van der Waals surface area contributed by atoms with Crippen LogP contribution in [0.4, 0.5) is 11.5 Å². The average Bonchev–Trinajstić information content (AvgIpc) is 4.13. The molecule has 6 N–H and O–H groups in total. The van der Waals surface area contributed by atoms with Gasteiger partial charge in [0.2, 0.25) is 23.6 Å². The second-order valence-electron chi connectivity index (χ2n) is 23.9. The summed E-state index contributed by atoms with van der Waals surface area (Å²) in [6.07, 6.45) is 12.2. The van der Waals surface area contributed by atoms with Gasteiger partial charge in [-0.25, -0.2) is 15.0 Å². The Morgan fingerprint density at radius 1 is 0.841 bits per heavy atom. The zero-order valence-corrected chi connectivity index (χ0v) is 48.2. The van der Waals surface area contributed by atoms with Gasteiger partial charge in [0.25, 0.3) is 5.91 Å². The van der Waals surface area contributed by atoms with E-state index in [1.165, 1.54) is 5.56 Å². The number of rotatable bonds is 18. The predicted molar refractivity (Wildman–Crippen MR) is 315 cm³/mol. The van der Waals surface area contributed by atoms with Crippen molar-refractivity contribution in [1.82, 2.24) is 55.1 Å². The summed E-state index contributed by atoms with van der Waals surface area (Å²) < 4.78 is 6.76. The van der Waals surface area contributed by atoms with Crippen molar-refractivity contribution < 1.29 is 28.7 Å². The second-order valence-corrected chi connectivity index (χ2v) is 24.4. The van der Waals surface area contributed by atoms with Crippen molar-refractivity contribution in [2.75, 3.05) is 122 Å². The lowest BCUT2D eigenvalue weighted by Gasteiger charge is -2.55. The van der Waals surface area contributed by atoms with Gasteiger partial charge in [0.15, 0.2) is 5.69 Å². The number of anilines is 2. The normalized spacial score (nSPS) is 23.7. The van der Waals surface area contributed by atoms with Gasteiger partial charge in [-0.1, -0.05) is 54.9 Å². The van der Waals surface area contributed by atoms with E-state index in [0.29, 0.717) is 108 Å². The van der Waals surface area contributed by atoms with E-state index in [9.17, 15) is 24.0 Å². The number of halogens is 1. The zero-order valence-electron chi connectivity index (χ0n) is 47.5. The number of pyridine rings is 1. The first kappa shape index (κ1) is 57.3. The maximum absolute atomic E-state index is 14.5. The van der Waals surface area contributed by atoms with E-state index in [1.807, 2.05) is 71.6 Å². The number of nitrogens with two attached hydrogens (primary N) is 1. The van der Waals surface area contributed by atoms with Crippen LogP contribution >= 0.6 is 11.6 Å². The van der Waals surface area contributed by atoms with Crippen molar-refractivity contribution in [3.05, 3.63) is 101 Å². The lowest BCUT2D eigenvalue weighted by molar-refractivity contribution is -0.203. The number of carbonyl (C=O) groups is 5. The number of aryl methyl sites for hydroxylation is 1. The number of H-pyrrole nitrogens is 1. The Hall–Kier alpha value is -6.55. The molecule has 436 valence electrons. The van der Waals surface area contributed by atoms with Crippen molar-refractivity contribution in [2.45, 2.75) is 88.3 Å². The van der Waals surface area contributed by atoms with E-state index in [2.05, 4.69) is 64.7 Å². The van der Waals surface area contributed by atoms with Crippen molar-refractivity contribution in [3.8, 4) is 11.1 Å². The lowest BCUT2D eigenvalue weighted by atomic mass is 9.65. The molecule has 82 heavy (non-hydrogen) atoms. The van der Waals surface area contributed by atoms with Gasteiger partial charge in [-0.15, -0.1) is 0 Å². The molecule has 5 amide bonds. The number of fused-ring (bicyclic) bond motifs is 4. The Labute approximate surface area is 485 Å². The molecule has 6 aliphatic heterocycles. The molecule has 0 radical (unpaired) electrons. The van der Waals surface area contributed by atoms with Crippen LogP contribution in [0.25, 0.3) is 22.2 Å². The number of amides is 5. The molecular weight excluding hydrogens is 1060 g/mol. The third-order valence-corrected chi connectivity index (χ3v) is 18.9. The summed E-state index contributed by atoms with van der Waals surface area (Å²) in [4.78, 5) is 97.9. The number of carbonyl (C=O) groups excluding carboxylic acids is 5. The number of nitrogens with one attached hydrogen (secondary N) is 4. The van der Waals surface area contributed by atoms with Crippen LogP contribution in [-0.2, 0) is 30.3 Å². The van der Waals surface area contributed by atoms with Crippen LogP contribution in [0.1, 0.15) is 92.4 Å². The first-order valence-corrected chi connectivity index (χ1v) is 30.0. The minimum atomic E-state index is -1.03. The molecule has 6 saturated heterocycles. The van der Waals surface area contributed by atoms with Crippen molar-refractivity contribution >= 4 is 63.7 Å². The number of likely N-dealkylation sites (tertiary alicyclic amines) is 1. The third kappa shape index (κ3) is 12.7. The van der Waals surface area contributed by atoms with Crippen LogP contribution < -0.4 is 26.6 Å². The Bertz CT molecular complexity index is 3090. The monoisotopic (exact) mass is 1140 g/mol. The summed E-state index contributed by atoms with van der Waals surface area (Å²) >= 11 is 6.31. The number of piperazine rings is 2. The molecule has 12 rings (SSSR count). The molecule has 20 nitrogen and oxygen atoms in total. The van der Waals surface area contributed by atoms with E-state index in [0.717, 1.165) is 98.2 Å². The van der Waals surface area contributed by atoms with Crippen molar-refractivity contribution in [3.63, 3.8) is 0 Å². The zero-order chi connectivity index (χ0) is 57.0. The van der Waals surface area contributed by atoms with E-state index >= 15 is 0 Å². The number of piperidine rings is 2. The fourth-order valence-electron chi connectivity index (χ4n) is 13.1.